The van der Waals surface area contributed by atoms with Gasteiger partial charge < -0.3 is 10.2 Å². The number of aliphatic hydroxyl groups is 2. The zero-order chi connectivity index (χ0) is 8.55. The van der Waals surface area contributed by atoms with E-state index in [-0.39, 0.29) is 0 Å². The highest BCUT2D eigenvalue weighted by molar-refractivity contribution is 5.12. The van der Waals surface area contributed by atoms with Gasteiger partial charge in [-0.15, -0.1) is 0 Å². The largest absolute Gasteiger partial charge is 0.363 e. The van der Waals surface area contributed by atoms with Crippen molar-refractivity contribution in [2.45, 2.75) is 32.1 Å². The van der Waals surface area contributed by atoms with Crippen molar-refractivity contribution in [3.05, 3.63) is 17.5 Å². The first kappa shape index (κ1) is 7.76. The molecule has 0 aromatic carbocycles. The topological polar surface area (TPSA) is 58.3 Å². The monoisotopic (exact) mass is 168 g/mol. The van der Waals surface area contributed by atoms with Crippen molar-refractivity contribution in [1.29, 1.82) is 0 Å². The Hall–Kier alpha value is -0.870. The number of hydrogen-bond donors (Lipinski definition) is 2. The number of rotatable bonds is 1. The number of aryl methyl sites for hydroxylation is 2. The summed E-state index contributed by atoms with van der Waals surface area (Å²) in [5.41, 5.74) is 1.48. The molecule has 0 spiro atoms. The molecular formula is C8H12N2O2. The molecule has 1 aromatic rings. The van der Waals surface area contributed by atoms with E-state index in [0.29, 0.717) is 5.69 Å². The van der Waals surface area contributed by atoms with Crippen LogP contribution in [0.4, 0.5) is 0 Å². The normalized spacial score (nSPS) is 16.6. The Bertz CT molecular complexity index is 257. The van der Waals surface area contributed by atoms with E-state index in [1.807, 2.05) is 4.68 Å². The third-order valence-electron chi connectivity index (χ3n) is 2.20. The van der Waals surface area contributed by atoms with Crippen molar-refractivity contribution in [1.82, 2.24) is 9.78 Å². The molecule has 0 fully saturated rings. The summed E-state index contributed by atoms with van der Waals surface area (Å²) in [6, 6.07) is 1.77. The SMILES string of the molecule is OC(O)c1cc2n(n1)CCCC2. The van der Waals surface area contributed by atoms with Crippen molar-refractivity contribution >= 4 is 0 Å². The Morgan fingerprint density at radius 2 is 2.25 bits per heavy atom. The van der Waals surface area contributed by atoms with Crippen LogP contribution in [-0.4, -0.2) is 20.0 Å². The van der Waals surface area contributed by atoms with Crippen molar-refractivity contribution in [3.63, 3.8) is 0 Å². The first-order chi connectivity index (χ1) is 5.77. The molecular weight excluding hydrogens is 156 g/mol. The van der Waals surface area contributed by atoms with Crippen molar-refractivity contribution in [3.8, 4) is 0 Å². The van der Waals surface area contributed by atoms with Crippen LogP contribution < -0.4 is 0 Å². The Labute approximate surface area is 70.4 Å². The van der Waals surface area contributed by atoms with E-state index in [2.05, 4.69) is 5.10 Å². The van der Waals surface area contributed by atoms with Gasteiger partial charge >= 0.3 is 0 Å². The molecule has 1 aliphatic heterocycles. The lowest BCUT2D eigenvalue weighted by Crippen LogP contribution is -2.10. The molecule has 4 nitrogen and oxygen atoms in total. The van der Waals surface area contributed by atoms with Gasteiger partial charge in [-0.25, -0.2) is 0 Å². The van der Waals surface area contributed by atoms with Crippen LogP contribution in [0.15, 0.2) is 6.07 Å². The standard InChI is InChI=1S/C8H12N2O2/c11-8(12)7-5-6-3-1-2-4-10(6)9-7/h5,8,11-12H,1-4H2. The summed E-state index contributed by atoms with van der Waals surface area (Å²) in [6.07, 6.45) is 1.88. The van der Waals surface area contributed by atoms with E-state index in [1.165, 1.54) is 6.42 Å². The summed E-state index contributed by atoms with van der Waals surface area (Å²) in [6.45, 7) is 0.905. The van der Waals surface area contributed by atoms with Gasteiger partial charge in [0.2, 0.25) is 0 Å². The van der Waals surface area contributed by atoms with Crippen molar-refractivity contribution < 1.29 is 10.2 Å². The number of hydrogen-bond acceptors (Lipinski definition) is 3. The van der Waals surface area contributed by atoms with Crippen LogP contribution >= 0.6 is 0 Å². The molecule has 0 atom stereocenters. The number of aromatic nitrogens is 2. The molecule has 0 unspecified atom stereocenters. The van der Waals surface area contributed by atoms with Crippen LogP contribution in [0.5, 0.6) is 0 Å². The summed E-state index contributed by atoms with van der Waals surface area (Å²) in [5.74, 6) is 0. The van der Waals surface area contributed by atoms with Gasteiger partial charge in [-0.1, -0.05) is 0 Å². The highest BCUT2D eigenvalue weighted by Crippen LogP contribution is 2.17. The molecule has 0 amide bonds. The minimum absolute atomic E-state index is 0.368. The maximum absolute atomic E-state index is 8.85. The molecule has 2 rings (SSSR count). The molecule has 12 heavy (non-hydrogen) atoms. The van der Waals surface area contributed by atoms with Gasteiger partial charge in [0.15, 0.2) is 6.29 Å². The molecule has 0 saturated heterocycles. The molecule has 0 saturated carbocycles. The van der Waals surface area contributed by atoms with Crippen LogP contribution in [0.25, 0.3) is 0 Å². The van der Waals surface area contributed by atoms with Crippen LogP contribution in [0.3, 0.4) is 0 Å². The fourth-order valence-electron chi connectivity index (χ4n) is 1.57. The second-order valence-corrected chi connectivity index (χ2v) is 3.11. The Morgan fingerprint density at radius 1 is 1.42 bits per heavy atom. The molecule has 1 aromatic heterocycles. The lowest BCUT2D eigenvalue weighted by atomic mass is 10.1. The van der Waals surface area contributed by atoms with Gasteiger partial charge in [0.05, 0.1) is 0 Å². The maximum atomic E-state index is 8.85. The fourth-order valence-corrected chi connectivity index (χ4v) is 1.57. The number of nitrogens with zero attached hydrogens (tertiary/aromatic N) is 2. The summed E-state index contributed by atoms with van der Waals surface area (Å²) in [5, 5.41) is 21.8. The van der Waals surface area contributed by atoms with E-state index in [9.17, 15) is 0 Å². The fraction of sp³-hybridized carbons (Fsp3) is 0.625. The smallest absolute Gasteiger partial charge is 0.197 e. The summed E-state index contributed by atoms with van der Waals surface area (Å²) >= 11 is 0. The molecule has 0 aliphatic carbocycles. The first-order valence-corrected chi connectivity index (χ1v) is 4.20. The van der Waals surface area contributed by atoms with Crippen LogP contribution in [0.2, 0.25) is 0 Å². The number of fused-ring (bicyclic) bond motifs is 1. The Morgan fingerprint density at radius 3 is 2.92 bits per heavy atom. The van der Waals surface area contributed by atoms with Crippen molar-refractivity contribution in [2.24, 2.45) is 0 Å². The van der Waals surface area contributed by atoms with E-state index < -0.39 is 6.29 Å². The zero-order valence-corrected chi connectivity index (χ0v) is 6.77. The molecule has 2 heterocycles. The lowest BCUT2D eigenvalue weighted by Gasteiger charge is -2.11. The average molecular weight is 168 g/mol. The van der Waals surface area contributed by atoms with Gasteiger partial charge in [-0.2, -0.15) is 5.10 Å². The first-order valence-electron chi connectivity index (χ1n) is 4.20. The lowest BCUT2D eigenvalue weighted by molar-refractivity contribution is -0.0462. The Kier molecular flexibility index (Phi) is 1.86. The minimum Gasteiger partial charge on any atom is -0.363 e. The molecule has 66 valence electrons. The van der Waals surface area contributed by atoms with E-state index in [1.54, 1.807) is 6.07 Å². The quantitative estimate of drug-likeness (QED) is 0.589. The maximum Gasteiger partial charge on any atom is 0.197 e. The predicted octanol–water partition coefficient (Wildman–Crippen LogP) is 0.203. The second-order valence-electron chi connectivity index (χ2n) is 3.11. The van der Waals surface area contributed by atoms with Crippen LogP contribution in [-0.2, 0) is 13.0 Å². The summed E-state index contributed by atoms with van der Waals surface area (Å²) < 4.78 is 1.86. The molecule has 0 radical (unpaired) electrons. The van der Waals surface area contributed by atoms with Crippen molar-refractivity contribution in [2.75, 3.05) is 0 Å². The summed E-state index contributed by atoms with van der Waals surface area (Å²) in [4.78, 5) is 0. The van der Waals surface area contributed by atoms with Gasteiger partial charge in [0.1, 0.15) is 5.69 Å². The zero-order valence-electron chi connectivity index (χ0n) is 6.77. The van der Waals surface area contributed by atoms with E-state index in [4.69, 9.17) is 10.2 Å². The third kappa shape index (κ3) is 1.23. The van der Waals surface area contributed by atoms with Crippen LogP contribution in [0, 0.1) is 0 Å². The van der Waals surface area contributed by atoms with Gasteiger partial charge in [-0.3, -0.25) is 4.68 Å². The van der Waals surface area contributed by atoms with Gasteiger partial charge in [-0.05, 0) is 25.3 Å². The third-order valence-corrected chi connectivity index (χ3v) is 2.20. The second kappa shape index (κ2) is 2.88. The molecule has 2 N–H and O–H groups in total. The van der Waals surface area contributed by atoms with E-state index >= 15 is 0 Å². The average Bonchev–Trinajstić information content (AvgIpc) is 2.46. The van der Waals surface area contributed by atoms with Gasteiger partial charge in [0.25, 0.3) is 0 Å². The highest BCUT2D eigenvalue weighted by Gasteiger charge is 2.14. The predicted molar refractivity (Wildman–Crippen MR) is 42.3 cm³/mol. The molecule has 1 aliphatic rings. The summed E-state index contributed by atoms with van der Waals surface area (Å²) in [7, 11) is 0. The van der Waals surface area contributed by atoms with Crippen LogP contribution in [0.1, 0.15) is 30.5 Å². The highest BCUT2D eigenvalue weighted by atomic mass is 16.5. The Balaban J connectivity index is 2.32. The minimum atomic E-state index is -1.43. The molecule has 0 bridgehead atoms. The van der Waals surface area contributed by atoms with E-state index in [0.717, 1.165) is 25.1 Å². The number of aliphatic hydroxyl groups excluding tert-OH is 1. The van der Waals surface area contributed by atoms with Gasteiger partial charge in [0, 0.05) is 12.2 Å². The molecule has 4 heteroatoms.